The summed E-state index contributed by atoms with van der Waals surface area (Å²) < 4.78 is 2.25. The van der Waals surface area contributed by atoms with E-state index in [1.807, 2.05) is 12.1 Å². The molecule has 0 N–H and O–H groups in total. The zero-order valence-corrected chi connectivity index (χ0v) is 19.3. The van der Waals surface area contributed by atoms with Crippen LogP contribution in [0.2, 0.25) is 0 Å². The predicted molar refractivity (Wildman–Crippen MR) is 127 cm³/mol. The van der Waals surface area contributed by atoms with E-state index in [0.717, 1.165) is 62.6 Å². The van der Waals surface area contributed by atoms with Gasteiger partial charge in [0, 0.05) is 32.1 Å². The van der Waals surface area contributed by atoms with Crippen molar-refractivity contribution in [1.82, 2.24) is 19.4 Å². The largest absolute Gasteiger partial charge is 0.348 e. The Morgan fingerprint density at radius 3 is 2.50 bits per heavy atom. The van der Waals surface area contributed by atoms with Crippen molar-refractivity contribution in [2.75, 3.05) is 31.1 Å². The molecule has 2 aromatic heterocycles. The molecule has 2 aliphatic rings. The normalized spacial score (nSPS) is 17.8. The summed E-state index contributed by atoms with van der Waals surface area (Å²) >= 11 is 1.42. The smallest absolute Gasteiger partial charge is 0.273 e. The number of carbonyl (C=O) groups excluding carboxylic acids is 1. The Kier molecular flexibility index (Phi) is 5.95. The zero-order valence-electron chi connectivity index (χ0n) is 18.5. The first kappa shape index (κ1) is 21.1. The third-order valence-electron chi connectivity index (χ3n) is 6.63. The lowest BCUT2D eigenvalue weighted by Gasteiger charge is -2.35. The molecule has 0 unspecified atom stereocenters. The molecule has 7 nitrogen and oxygen atoms in total. The van der Waals surface area contributed by atoms with Crippen molar-refractivity contribution in [3.63, 3.8) is 0 Å². The van der Waals surface area contributed by atoms with Crippen LogP contribution in [0.25, 0.3) is 10.3 Å². The first-order chi connectivity index (χ1) is 15.6. The second-order valence-corrected chi connectivity index (χ2v) is 9.94. The number of aromatic nitrogens is 3. The average Bonchev–Trinajstić information content (AvgIpc) is 3.28. The van der Waals surface area contributed by atoms with E-state index in [-0.39, 0.29) is 11.5 Å². The van der Waals surface area contributed by atoms with Crippen LogP contribution in [-0.4, -0.2) is 51.5 Å². The minimum Gasteiger partial charge on any atom is -0.348 e. The van der Waals surface area contributed by atoms with E-state index in [9.17, 15) is 9.59 Å². The van der Waals surface area contributed by atoms with Gasteiger partial charge in [0.2, 0.25) is 5.91 Å². The highest BCUT2D eigenvalue weighted by molar-refractivity contribution is 7.22. The van der Waals surface area contributed by atoms with Crippen LogP contribution >= 0.6 is 11.3 Å². The summed E-state index contributed by atoms with van der Waals surface area (Å²) in [5, 5.41) is 0.835. The number of aryl methyl sites for hydroxylation is 1. The molecule has 2 aliphatic heterocycles. The number of piperidine rings is 2. The van der Waals surface area contributed by atoms with Crippen molar-refractivity contribution in [2.24, 2.45) is 5.92 Å². The molecule has 1 aromatic carbocycles. The molecule has 0 spiro atoms. The molecular weight excluding hydrogens is 422 g/mol. The number of carbonyl (C=O) groups is 1. The first-order valence-electron chi connectivity index (χ1n) is 11.5. The maximum atomic E-state index is 13.0. The van der Waals surface area contributed by atoms with Crippen LogP contribution in [0.15, 0.2) is 35.4 Å². The minimum absolute atomic E-state index is 0.0468. The Morgan fingerprint density at radius 2 is 1.78 bits per heavy atom. The van der Waals surface area contributed by atoms with E-state index in [1.54, 1.807) is 10.9 Å². The number of amides is 1. The molecule has 0 radical (unpaired) electrons. The van der Waals surface area contributed by atoms with Gasteiger partial charge in [-0.3, -0.25) is 14.2 Å². The lowest BCUT2D eigenvalue weighted by Crippen LogP contribution is -2.44. The van der Waals surface area contributed by atoms with E-state index >= 15 is 0 Å². The number of hydrogen-bond donors (Lipinski definition) is 0. The summed E-state index contributed by atoms with van der Waals surface area (Å²) in [5.41, 5.74) is 2.74. The van der Waals surface area contributed by atoms with Crippen molar-refractivity contribution in [3.8, 4) is 0 Å². The molecule has 8 heteroatoms. The Morgan fingerprint density at radius 1 is 1.06 bits per heavy atom. The maximum absolute atomic E-state index is 13.0. The summed E-state index contributed by atoms with van der Waals surface area (Å²) in [5.74, 6) is 0.442. The van der Waals surface area contributed by atoms with Gasteiger partial charge in [-0.25, -0.2) is 4.98 Å². The van der Waals surface area contributed by atoms with Crippen LogP contribution in [-0.2, 0) is 11.3 Å². The lowest BCUT2D eigenvalue weighted by atomic mass is 9.94. The number of fused-ring (bicyclic) bond motifs is 1. The SMILES string of the molecule is Cc1ccc(Cn2cnc3nc(N4CCC(C(=O)N5CCCCC5)CC4)sc3c2=O)cc1. The molecule has 0 bridgehead atoms. The fourth-order valence-corrected chi connectivity index (χ4v) is 5.68. The van der Waals surface area contributed by atoms with Crippen molar-refractivity contribution in [3.05, 3.63) is 52.1 Å². The van der Waals surface area contributed by atoms with Gasteiger partial charge < -0.3 is 9.80 Å². The van der Waals surface area contributed by atoms with Crippen molar-refractivity contribution >= 4 is 32.7 Å². The van der Waals surface area contributed by atoms with Crippen molar-refractivity contribution < 1.29 is 4.79 Å². The van der Waals surface area contributed by atoms with Crippen molar-refractivity contribution in [1.29, 1.82) is 0 Å². The van der Waals surface area contributed by atoms with E-state index in [4.69, 9.17) is 0 Å². The van der Waals surface area contributed by atoms with E-state index in [1.165, 1.54) is 23.3 Å². The first-order valence-corrected chi connectivity index (χ1v) is 12.4. The molecule has 2 saturated heterocycles. The van der Waals surface area contributed by atoms with E-state index < -0.39 is 0 Å². The van der Waals surface area contributed by atoms with Crippen LogP contribution in [0.5, 0.6) is 0 Å². The summed E-state index contributed by atoms with van der Waals surface area (Å²) in [6, 6.07) is 8.19. The van der Waals surface area contributed by atoms with Gasteiger partial charge >= 0.3 is 0 Å². The monoisotopic (exact) mass is 451 g/mol. The number of likely N-dealkylation sites (tertiary alicyclic amines) is 1. The fourth-order valence-electron chi connectivity index (χ4n) is 4.66. The third-order valence-corrected chi connectivity index (χ3v) is 7.72. The lowest BCUT2D eigenvalue weighted by molar-refractivity contribution is -0.137. The average molecular weight is 452 g/mol. The van der Waals surface area contributed by atoms with Gasteiger partial charge in [-0.05, 0) is 44.6 Å². The highest BCUT2D eigenvalue weighted by Gasteiger charge is 2.30. The number of thiazole rings is 1. The molecule has 0 aliphatic carbocycles. The molecule has 5 rings (SSSR count). The Bertz CT molecular complexity index is 1160. The van der Waals surface area contributed by atoms with Gasteiger partial charge in [-0.2, -0.15) is 4.98 Å². The molecule has 3 aromatic rings. The molecule has 4 heterocycles. The second kappa shape index (κ2) is 9.02. The molecular formula is C24H29N5O2S. The molecule has 0 saturated carbocycles. The molecule has 168 valence electrons. The summed E-state index contributed by atoms with van der Waals surface area (Å²) in [4.78, 5) is 39.2. The van der Waals surface area contributed by atoms with Gasteiger partial charge in [-0.15, -0.1) is 0 Å². The van der Waals surface area contributed by atoms with Gasteiger partial charge in [0.15, 0.2) is 10.8 Å². The zero-order chi connectivity index (χ0) is 22.1. The maximum Gasteiger partial charge on any atom is 0.273 e. The van der Waals surface area contributed by atoms with Gasteiger partial charge in [-0.1, -0.05) is 41.2 Å². The van der Waals surface area contributed by atoms with Gasteiger partial charge in [0.05, 0.1) is 6.54 Å². The topological polar surface area (TPSA) is 71.3 Å². The second-order valence-electron chi connectivity index (χ2n) is 8.96. The Labute approximate surface area is 191 Å². The minimum atomic E-state index is -0.0468. The van der Waals surface area contributed by atoms with Crippen LogP contribution in [0.3, 0.4) is 0 Å². The number of rotatable bonds is 4. The Balaban J connectivity index is 1.28. The third kappa shape index (κ3) is 4.28. The van der Waals surface area contributed by atoms with Gasteiger partial charge in [0.25, 0.3) is 5.56 Å². The number of nitrogens with zero attached hydrogens (tertiary/aromatic N) is 5. The van der Waals surface area contributed by atoms with E-state index in [2.05, 4.69) is 38.8 Å². The molecule has 0 atom stereocenters. The Hall–Kier alpha value is -2.74. The quantitative estimate of drug-likeness (QED) is 0.608. The number of benzene rings is 1. The fraction of sp³-hybridized carbons (Fsp3) is 0.500. The van der Waals surface area contributed by atoms with Crippen LogP contribution in [0.1, 0.15) is 43.2 Å². The number of hydrogen-bond acceptors (Lipinski definition) is 6. The van der Waals surface area contributed by atoms with Crippen molar-refractivity contribution in [2.45, 2.75) is 45.6 Å². The summed E-state index contributed by atoms with van der Waals surface area (Å²) in [7, 11) is 0. The molecule has 2 fully saturated rings. The predicted octanol–water partition coefficient (Wildman–Crippen LogP) is 3.44. The van der Waals surface area contributed by atoms with Crippen LogP contribution in [0, 0.1) is 12.8 Å². The van der Waals surface area contributed by atoms with E-state index in [0.29, 0.717) is 22.8 Å². The highest BCUT2D eigenvalue weighted by atomic mass is 32.1. The van der Waals surface area contributed by atoms with Crippen LogP contribution in [0.4, 0.5) is 5.13 Å². The number of anilines is 1. The summed E-state index contributed by atoms with van der Waals surface area (Å²) in [6.45, 7) is 5.96. The standard InChI is InChI=1S/C24H29N5O2S/c1-17-5-7-18(8-6-17)15-29-16-25-21-20(23(29)31)32-24(26-21)28-13-9-19(10-14-28)22(30)27-11-3-2-4-12-27/h5-8,16,19H,2-4,9-15H2,1H3. The molecule has 1 amide bonds. The van der Waals surface area contributed by atoms with Gasteiger partial charge in [0.1, 0.15) is 11.0 Å². The molecule has 32 heavy (non-hydrogen) atoms. The highest BCUT2D eigenvalue weighted by Crippen LogP contribution is 2.30. The summed E-state index contributed by atoms with van der Waals surface area (Å²) in [6.07, 6.45) is 6.78. The van der Waals surface area contributed by atoms with Crippen LogP contribution < -0.4 is 10.5 Å².